The van der Waals surface area contributed by atoms with Crippen molar-refractivity contribution in [2.75, 3.05) is 6.54 Å². The van der Waals surface area contributed by atoms with E-state index in [9.17, 15) is 0 Å². The molecule has 0 fully saturated rings. The lowest BCUT2D eigenvalue weighted by Gasteiger charge is -2.10. The van der Waals surface area contributed by atoms with Crippen molar-refractivity contribution in [3.63, 3.8) is 0 Å². The summed E-state index contributed by atoms with van der Waals surface area (Å²) in [6.45, 7) is 2.76. The Morgan fingerprint density at radius 1 is 1.47 bits per heavy atom. The smallest absolute Gasteiger partial charge is 0.110 e. The van der Waals surface area contributed by atoms with Crippen molar-refractivity contribution in [3.05, 3.63) is 39.7 Å². The summed E-state index contributed by atoms with van der Waals surface area (Å²) in [4.78, 5) is 7.77. The topological polar surface area (TPSA) is 54.7 Å². The fourth-order valence-corrected chi connectivity index (χ4v) is 2.88. The van der Waals surface area contributed by atoms with E-state index in [2.05, 4.69) is 32.8 Å². The van der Waals surface area contributed by atoms with Crippen LogP contribution in [0.15, 0.2) is 28.9 Å². The summed E-state index contributed by atoms with van der Waals surface area (Å²) >= 11 is 9.65. The van der Waals surface area contributed by atoms with E-state index in [4.69, 9.17) is 17.3 Å². The van der Waals surface area contributed by atoms with Gasteiger partial charge in [-0.25, -0.2) is 4.98 Å². The third-order valence-corrected chi connectivity index (χ3v) is 3.93. The first-order valence-electron chi connectivity index (χ1n) is 6.36. The van der Waals surface area contributed by atoms with Crippen molar-refractivity contribution in [2.45, 2.75) is 25.7 Å². The summed E-state index contributed by atoms with van der Waals surface area (Å²) in [6.07, 6.45) is 3.96. The van der Waals surface area contributed by atoms with Gasteiger partial charge in [0.2, 0.25) is 0 Å². The fraction of sp³-hybridized carbons (Fsp3) is 0.357. The van der Waals surface area contributed by atoms with Crippen molar-refractivity contribution in [1.82, 2.24) is 9.97 Å². The molecule has 0 spiro atoms. The summed E-state index contributed by atoms with van der Waals surface area (Å²) in [5.74, 6) is 1.23. The van der Waals surface area contributed by atoms with Gasteiger partial charge in [0.05, 0.1) is 16.9 Å². The Bertz CT molecular complexity index is 553. The van der Waals surface area contributed by atoms with E-state index in [0.29, 0.717) is 11.6 Å². The third-order valence-electron chi connectivity index (χ3n) is 3.13. The van der Waals surface area contributed by atoms with Gasteiger partial charge < -0.3 is 10.7 Å². The molecular weight excluding hydrogens is 326 g/mol. The number of nitrogens with zero attached hydrogens (tertiary/aromatic N) is 1. The molecule has 3 nitrogen and oxygen atoms in total. The Morgan fingerprint density at radius 2 is 2.26 bits per heavy atom. The fourth-order valence-electron chi connectivity index (χ4n) is 2.10. The van der Waals surface area contributed by atoms with Gasteiger partial charge in [-0.1, -0.05) is 46.9 Å². The lowest BCUT2D eigenvalue weighted by atomic mass is 10.0. The van der Waals surface area contributed by atoms with Crippen LogP contribution >= 0.6 is 27.5 Å². The number of imidazole rings is 1. The molecule has 0 radical (unpaired) electrons. The summed E-state index contributed by atoms with van der Waals surface area (Å²) in [5, 5.41) is 0.698. The first kappa shape index (κ1) is 14.6. The van der Waals surface area contributed by atoms with Gasteiger partial charge in [0.25, 0.3) is 0 Å². The largest absolute Gasteiger partial charge is 0.342 e. The Kier molecular flexibility index (Phi) is 5.02. The van der Waals surface area contributed by atoms with Crippen molar-refractivity contribution in [2.24, 2.45) is 5.73 Å². The van der Waals surface area contributed by atoms with E-state index in [-0.39, 0.29) is 5.92 Å². The minimum absolute atomic E-state index is 0.285. The standard InChI is InChI=1S/C14H17BrClN3/c1-2-3-9(7-17)14-18-8-13(19-14)11-5-4-10(15)6-12(11)16/h4-6,8-9H,2-3,7,17H2,1H3,(H,18,19). The van der Waals surface area contributed by atoms with Crippen LogP contribution in [0, 0.1) is 0 Å². The number of hydrogen-bond donors (Lipinski definition) is 2. The van der Waals surface area contributed by atoms with E-state index >= 15 is 0 Å². The van der Waals surface area contributed by atoms with Crippen LogP contribution in [0.1, 0.15) is 31.5 Å². The molecule has 0 amide bonds. The second-order valence-corrected chi connectivity index (χ2v) is 5.85. The maximum absolute atomic E-state index is 6.25. The number of nitrogens with one attached hydrogen (secondary N) is 1. The molecule has 3 N–H and O–H groups in total. The molecule has 0 saturated heterocycles. The van der Waals surface area contributed by atoms with Gasteiger partial charge in [-0.2, -0.15) is 0 Å². The summed E-state index contributed by atoms with van der Waals surface area (Å²) in [5.41, 5.74) is 7.68. The van der Waals surface area contributed by atoms with Gasteiger partial charge >= 0.3 is 0 Å². The third kappa shape index (κ3) is 3.38. The molecule has 1 heterocycles. The number of rotatable bonds is 5. The zero-order valence-electron chi connectivity index (χ0n) is 10.8. The van der Waals surface area contributed by atoms with Crippen LogP contribution in [0.2, 0.25) is 5.02 Å². The predicted octanol–water partition coefficient (Wildman–Crippen LogP) is 4.34. The highest BCUT2D eigenvalue weighted by Gasteiger charge is 2.14. The Balaban J connectivity index is 2.29. The maximum Gasteiger partial charge on any atom is 0.110 e. The molecule has 1 unspecified atom stereocenters. The molecule has 19 heavy (non-hydrogen) atoms. The van der Waals surface area contributed by atoms with Gasteiger partial charge in [-0.3, -0.25) is 0 Å². The Hall–Kier alpha value is -0.840. The number of hydrogen-bond acceptors (Lipinski definition) is 2. The average Bonchev–Trinajstić information content (AvgIpc) is 2.85. The molecule has 1 atom stereocenters. The van der Waals surface area contributed by atoms with Crippen molar-refractivity contribution in [3.8, 4) is 11.3 Å². The van der Waals surface area contributed by atoms with E-state index in [1.54, 1.807) is 0 Å². The van der Waals surface area contributed by atoms with Crippen LogP contribution in [0.5, 0.6) is 0 Å². The molecule has 0 aliphatic carbocycles. The Labute approximate surface area is 126 Å². The lowest BCUT2D eigenvalue weighted by Crippen LogP contribution is -2.13. The second-order valence-electron chi connectivity index (χ2n) is 4.53. The molecule has 2 rings (SSSR count). The highest BCUT2D eigenvalue weighted by molar-refractivity contribution is 9.10. The number of H-pyrrole nitrogens is 1. The number of nitrogens with two attached hydrogens (primary N) is 1. The van der Waals surface area contributed by atoms with Gasteiger partial charge in [0, 0.05) is 22.5 Å². The van der Waals surface area contributed by atoms with Crippen molar-refractivity contribution >= 4 is 27.5 Å². The minimum Gasteiger partial charge on any atom is -0.342 e. The van der Waals surface area contributed by atoms with Gasteiger partial charge in [-0.15, -0.1) is 0 Å². The first-order chi connectivity index (χ1) is 9.15. The predicted molar refractivity (Wildman–Crippen MR) is 83.4 cm³/mol. The lowest BCUT2D eigenvalue weighted by molar-refractivity contribution is 0.595. The molecule has 0 aliphatic rings. The van der Waals surface area contributed by atoms with Crippen molar-refractivity contribution in [1.29, 1.82) is 0 Å². The van der Waals surface area contributed by atoms with Crippen molar-refractivity contribution < 1.29 is 0 Å². The molecular formula is C14H17BrClN3. The summed E-state index contributed by atoms with van der Waals surface area (Å²) in [7, 11) is 0. The van der Waals surface area contributed by atoms with Crippen LogP contribution in [-0.4, -0.2) is 16.5 Å². The molecule has 102 valence electrons. The molecule has 5 heteroatoms. The minimum atomic E-state index is 0.285. The molecule has 0 bridgehead atoms. The van der Waals surface area contributed by atoms with Gasteiger partial charge in [0.15, 0.2) is 0 Å². The molecule has 2 aromatic rings. The number of aromatic nitrogens is 2. The Morgan fingerprint density at radius 3 is 2.89 bits per heavy atom. The van der Waals surface area contributed by atoms with Crippen LogP contribution in [0.4, 0.5) is 0 Å². The highest BCUT2D eigenvalue weighted by Crippen LogP contribution is 2.30. The SMILES string of the molecule is CCCC(CN)c1ncc(-c2ccc(Br)cc2Cl)[nH]1. The molecule has 0 aliphatic heterocycles. The zero-order valence-corrected chi connectivity index (χ0v) is 13.1. The number of aromatic amines is 1. The number of benzene rings is 1. The quantitative estimate of drug-likeness (QED) is 0.849. The first-order valence-corrected chi connectivity index (χ1v) is 7.53. The monoisotopic (exact) mass is 341 g/mol. The van der Waals surface area contributed by atoms with Gasteiger partial charge in [0.1, 0.15) is 5.82 Å². The van der Waals surface area contributed by atoms with E-state index in [0.717, 1.165) is 34.4 Å². The highest BCUT2D eigenvalue weighted by atomic mass is 79.9. The van der Waals surface area contributed by atoms with Crippen LogP contribution in [0.3, 0.4) is 0 Å². The zero-order chi connectivity index (χ0) is 13.8. The van der Waals surface area contributed by atoms with Crippen LogP contribution in [-0.2, 0) is 0 Å². The van der Waals surface area contributed by atoms with E-state index < -0.39 is 0 Å². The maximum atomic E-state index is 6.25. The average molecular weight is 343 g/mol. The van der Waals surface area contributed by atoms with E-state index in [1.807, 2.05) is 24.4 Å². The van der Waals surface area contributed by atoms with Crippen LogP contribution < -0.4 is 5.73 Å². The van der Waals surface area contributed by atoms with Crippen LogP contribution in [0.25, 0.3) is 11.3 Å². The van der Waals surface area contributed by atoms with E-state index in [1.165, 1.54) is 0 Å². The molecule has 0 saturated carbocycles. The molecule has 1 aromatic carbocycles. The second kappa shape index (κ2) is 6.55. The molecule has 1 aromatic heterocycles. The number of halogens is 2. The normalized spacial score (nSPS) is 12.6. The summed E-state index contributed by atoms with van der Waals surface area (Å²) < 4.78 is 0.965. The summed E-state index contributed by atoms with van der Waals surface area (Å²) in [6, 6.07) is 5.82. The van der Waals surface area contributed by atoms with Gasteiger partial charge in [-0.05, 0) is 18.6 Å².